The van der Waals surface area contributed by atoms with Gasteiger partial charge in [0, 0.05) is 18.0 Å². The Bertz CT molecular complexity index is 483. The molecular weight excluding hydrogens is 288 g/mol. The molecule has 0 spiro atoms. The van der Waals surface area contributed by atoms with Gasteiger partial charge in [-0.2, -0.15) is 0 Å². The van der Waals surface area contributed by atoms with E-state index in [1.807, 2.05) is 13.8 Å². The van der Waals surface area contributed by atoms with Gasteiger partial charge in [-0.05, 0) is 18.9 Å². The second-order valence-corrected chi connectivity index (χ2v) is 5.55. The highest BCUT2D eigenvalue weighted by atomic mass is 35.5. The van der Waals surface area contributed by atoms with E-state index in [-0.39, 0.29) is 16.5 Å². The molecule has 0 saturated carbocycles. The van der Waals surface area contributed by atoms with Crippen LogP contribution in [0.5, 0.6) is 0 Å². The summed E-state index contributed by atoms with van der Waals surface area (Å²) in [5.74, 6) is -1.31. The predicted molar refractivity (Wildman–Crippen MR) is 76.3 cm³/mol. The lowest BCUT2D eigenvalue weighted by molar-refractivity contribution is 0.305. The lowest BCUT2D eigenvalue weighted by Gasteiger charge is -2.22. The maximum atomic E-state index is 13.5. The zero-order valence-corrected chi connectivity index (χ0v) is 12.1. The molecule has 4 nitrogen and oxygen atoms in total. The number of hydrogen-bond acceptors (Lipinski definition) is 3. The van der Waals surface area contributed by atoms with Crippen LogP contribution in [0.4, 0.5) is 14.5 Å². The van der Waals surface area contributed by atoms with Crippen LogP contribution in [0.15, 0.2) is 17.3 Å². The normalized spacial score (nSPS) is 12.6. The van der Waals surface area contributed by atoms with Crippen LogP contribution in [0.2, 0.25) is 5.02 Å². The van der Waals surface area contributed by atoms with E-state index in [4.69, 9.17) is 22.5 Å². The zero-order chi connectivity index (χ0) is 15.3. The van der Waals surface area contributed by atoms with E-state index >= 15 is 0 Å². The maximum absolute atomic E-state index is 13.5. The van der Waals surface area contributed by atoms with Crippen molar-refractivity contribution >= 4 is 23.1 Å². The highest BCUT2D eigenvalue weighted by Gasteiger charge is 2.22. The monoisotopic (exact) mass is 305 g/mol. The fourth-order valence-electron chi connectivity index (χ4n) is 1.72. The summed E-state index contributed by atoms with van der Waals surface area (Å²) >= 11 is 5.76. The standard InChI is InChI=1S/C13H18ClF2N3O/c1-13(2,12(17)19-20)4-3-5-18-11-9(14)6-8(15)7-10(11)16/h6-7,18,20H,3-5H2,1-2H3,(H2,17,19). The quantitative estimate of drug-likeness (QED) is 0.247. The summed E-state index contributed by atoms with van der Waals surface area (Å²) in [6, 6.07) is 1.82. The van der Waals surface area contributed by atoms with E-state index in [0.29, 0.717) is 19.4 Å². The van der Waals surface area contributed by atoms with Gasteiger partial charge >= 0.3 is 0 Å². The molecule has 0 bridgehead atoms. The molecule has 1 aromatic carbocycles. The second kappa shape index (κ2) is 6.74. The van der Waals surface area contributed by atoms with Gasteiger partial charge < -0.3 is 16.3 Å². The van der Waals surface area contributed by atoms with Gasteiger partial charge in [-0.3, -0.25) is 0 Å². The molecule has 0 saturated heterocycles. The van der Waals surface area contributed by atoms with Gasteiger partial charge in [0.2, 0.25) is 0 Å². The Labute approximate surface area is 121 Å². The number of nitrogens with one attached hydrogen (secondary N) is 1. The number of oxime groups is 1. The lowest BCUT2D eigenvalue weighted by Crippen LogP contribution is -2.32. The molecule has 0 atom stereocenters. The van der Waals surface area contributed by atoms with Crippen LogP contribution in [0.3, 0.4) is 0 Å². The molecule has 112 valence electrons. The lowest BCUT2D eigenvalue weighted by atomic mass is 9.86. The van der Waals surface area contributed by atoms with Crippen LogP contribution < -0.4 is 11.1 Å². The fraction of sp³-hybridized carbons (Fsp3) is 0.462. The second-order valence-electron chi connectivity index (χ2n) is 5.14. The third kappa shape index (κ3) is 4.23. The average molecular weight is 306 g/mol. The summed E-state index contributed by atoms with van der Waals surface area (Å²) in [6.45, 7) is 4.12. The van der Waals surface area contributed by atoms with Crippen LogP contribution in [0, 0.1) is 17.0 Å². The molecule has 0 aliphatic carbocycles. The van der Waals surface area contributed by atoms with Crippen LogP contribution in [0.25, 0.3) is 0 Å². The number of nitrogens with two attached hydrogens (primary N) is 1. The SMILES string of the molecule is CC(C)(CCCNc1c(F)cc(F)cc1Cl)C(N)=NO. The topological polar surface area (TPSA) is 70.6 Å². The molecule has 4 N–H and O–H groups in total. The van der Waals surface area contributed by atoms with E-state index in [2.05, 4.69) is 10.5 Å². The largest absolute Gasteiger partial charge is 0.409 e. The van der Waals surface area contributed by atoms with Crippen LogP contribution in [-0.4, -0.2) is 17.6 Å². The van der Waals surface area contributed by atoms with E-state index < -0.39 is 17.0 Å². The minimum atomic E-state index is -0.731. The van der Waals surface area contributed by atoms with Crippen molar-refractivity contribution in [3.05, 3.63) is 28.8 Å². The van der Waals surface area contributed by atoms with E-state index in [1.54, 1.807) is 0 Å². The molecule has 7 heteroatoms. The number of rotatable bonds is 6. The van der Waals surface area contributed by atoms with Crippen LogP contribution >= 0.6 is 11.6 Å². The molecule has 1 aromatic rings. The summed E-state index contributed by atoms with van der Waals surface area (Å²) in [5, 5.41) is 14.5. The molecule has 0 aliphatic heterocycles. The highest BCUT2D eigenvalue weighted by Crippen LogP contribution is 2.27. The van der Waals surface area contributed by atoms with Crippen LogP contribution in [0.1, 0.15) is 26.7 Å². The van der Waals surface area contributed by atoms with Crippen molar-refractivity contribution in [1.82, 2.24) is 0 Å². The van der Waals surface area contributed by atoms with Gasteiger partial charge in [-0.25, -0.2) is 8.78 Å². The Morgan fingerprint density at radius 3 is 2.65 bits per heavy atom. The minimum Gasteiger partial charge on any atom is -0.409 e. The molecule has 0 radical (unpaired) electrons. The number of amidine groups is 1. The molecule has 0 aromatic heterocycles. The minimum absolute atomic E-state index is 0.00167. The maximum Gasteiger partial charge on any atom is 0.150 e. The first-order chi connectivity index (χ1) is 9.27. The summed E-state index contributed by atoms with van der Waals surface area (Å²) in [6.07, 6.45) is 1.28. The Morgan fingerprint density at radius 1 is 1.45 bits per heavy atom. The number of halogens is 3. The molecule has 0 aliphatic rings. The molecule has 0 unspecified atom stereocenters. The first-order valence-electron chi connectivity index (χ1n) is 6.14. The summed E-state index contributed by atoms with van der Waals surface area (Å²) in [4.78, 5) is 0. The summed E-state index contributed by atoms with van der Waals surface area (Å²) < 4.78 is 26.4. The first kappa shape index (κ1) is 16.5. The van der Waals surface area contributed by atoms with Crippen molar-refractivity contribution in [3.63, 3.8) is 0 Å². The van der Waals surface area contributed by atoms with Crippen molar-refractivity contribution in [3.8, 4) is 0 Å². The number of benzene rings is 1. The van der Waals surface area contributed by atoms with Crippen LogP contribution in [-0.2, 0) is 0 Å². The molecule has 0 fully saturated rings. The fourth-order valence-corrected chi connectivity index (χ4v) is 1.98. The Morgan fingerprint density at radius 2 is 2.10 bits per heavy atom. The van der Waals surface area contributed by atoms with Crippen molar-refractivity contribution in [2.24, 2.45) is 16.3 Å². The third-order valence-electron chi connectivity index (χ3n) is 3.09. The number of nitrogens with zero attached hydrogens (tertiary/aromatic N) is 1. The third-order valence-corrected chi connectivity index (χ3v) is 3.39. The van der Waals surface area contributed by atoms with Gasteiger partial charge in [0.1, 0.15) is 11.7 Å². The van der Waals surface area contributed by atoms with E-state index in [0.717, 1.165) is 12.1 Å². The molecule has 20 heavy (non-hydrogen) atoms. The van der Waals surface area contributed by atoms with Gasteiger partial charge in [0.25, 0.3) is 0 Å². The van der Waals surface area contributed by atoms with Gasteiger partial charge in [-0.1, -0.05) is 30.6 Å². The molecule has 1 rings (SSSR count). The Kier molecular flexibility index (Phi) is 5.56. The van der Waals surface area contributed by atoms with Gasteiger partial charge in [0.05, 0.1) is 10.7 Å². The Balaban J connectivity index is 2.54. The first-order valence-corrected chi connectivity index (χ1v) is 6.52. The van der Waals surface area contributed by atoms with Crippen molar-refractivity contribution < 1.29 is 14.0 Å². The molecule has 0 heterocycles. The average Bonchev–Trinajstić information content (AvgIpc) is 2.35. The zero-order valence-electron chi connectivity index (χ0n) is 11.4. The summed E-state index contributed by atoms with van der Waals surface area (Å²) in [7, 11) is 0. The predicted octanol–water partition coefficient (Wildman–Crippen LogP) is 3.58. The number of hydrogen-bond donors (Lipinski definition) is 3. The van der Waals surface area contributed by atoms with Crippen molar-refractivity contribution in [2.45, 2.75) is 26.7 Å². The molecule has 0 amide bonds. The Hall–Kier alpha value is -1.56. The van der Waals surface area contributed by atoms with E-state index in [1.165, 1.54) is 0 Å². The van der Waals surface area contributed by atoms with E-state index in [9.17, 15) is 8.78 Å². The smallest absolute Gasteiger partial charge is 0.150 e. The van der Waals surface area contributed by atoms with Crippen molar-refractivity contribution in [1.29, 1.82) is 0 Å². The summed E-state index contributed by atoms with van der Waals surface area (Å²) in [5.41, 5.74) is 5.19. The van der Waals surface area contributed by atoms with Gasteiger partial charge in [-0.15, -0.1) is 0 Å². The van der Waals surface area contributed by atoms with Gasteiger partial charge in [0.15, 0.2) is 5.82 Å². The van der Waals surface area contributed by atoms with Crippen molar-refractivity contribution in [2.75, 3.05) is 11.9 Å². The highest BCUT2D eigenvalue weighted by molar-refractivity contribution is 6.33. The number of anilines is 1. The molecular formula is C13H18ClF2N3O.